The Kier molecular flexibility index (Phi) is 7.40. The van der Waals surface area contributed by atoms with Crippen molar-refractivity contribution in [3.63, 3.8) is 0 Å². The van der Waals surface area contributed by atoms with Crippen LogP contribution in [0.15, 0.2) is 42.5 Å². The van der Waals surface area contributed by atoms with Crippen molar-refractivity contribution in [2.45, 2.75) is 19.8 Å². The van der Waals surface area contributed by atoms with Crippen molar-refractivity contribution in [3.8, 4) is 0 Å². The number of fused-ring (bicyclic) bond motifs is 1. The summed E-state index contributed by atoms with van der Waals surface area (Å²) in [6.45, 7) is 6.47. The van der Waals surface area contributed by atoms with Gasteiger partial charge in [0.2, 0.25) is 0 Å². The van der Waals surface area contributed by atoms with E-state index in [1.165, 1.54) is 16.8 Å². The van der Waals surface area contributed by atoms with Crippen molar-refractivity contribution in [1.29, 1.82) is 0 Å². The molecule has 2 aromatic carbocycles. The number of carbonyl (C=O) groups is 1. The standard InChI is InChI=1S/C21H25N3O.2ClH/c1-16-5-2-6-17(15-16)23-11-13-24(14-12-23)21(25)19-7-3-9-20-18(19)8-4-10-22-20;;/h2-3,5-7,9,15,22H,4,8,10-14H2,1H3;2*1H. The highest BCUT2D eigenvalue weighted by Crippen LogP contribution is 2.27. The lowest BCUT2D eigenvalue weighted by molar-refractivity contribution is 0.0745. The molecule has 27 heavy (non-hydrogen) atoms. The van der Waals surface area contributed by atoms with Gasteiger partial charge in [0.15, 0.2) is 0 Å². The predicted octanol–water partition coefficient (Wildman–Crippen LogP) is 4.16. The molecule has 2 aliphatic rings. The van der Waals surface area contributed by atoms with Crippen LogP contribution in [0.2, 0.25) is 0 Å². The van der Waals surface area contributed by atoms with Crippen molar-refractivity contribution in [1.82, 2.24) is 4.90 Å². The zero-order chi connectivity index (χ0) is 17.2. The minimum Gasteiger partial charge on any atom is -0.385 e. The quantitative estimate of drug-likeness (QED) is 0.811. The van der Waals surface area contributed by atoms with Crippen molar-refractivity contribution in [2.75, 3.05) is 42.9 Å². The van der Waals surface area contributed by atoms with Crippen LogP contribution in [-0.2, 0) is 6.42 Å². The summed E-state index contributed by atoms with van der Waals surface area (Å²) in [7, 11) is 0. The van der Waals surface area contributed by atoms with Crippen LogP contribution < -0.4 is 10.2 Å². The molecule has 0 spiro atoms. The van der Waals surface area contributed by atoms with E-state index in [9.17, 15) is 4.79 Å². The van der Waals surface area contributed by atoms with E-state index in [-0.39, 0.29) is 30.7 Å². The van der Waals surface area contributed by atoms with Gasteiger partial charge in [-0.2, -0.15) is 0 Å². The fourth-order valence-electron chi connectivity index (χ4n) is 3.87. The minimum atomic E-state index is 0. The molecular weight excluding hydrogens is 381 g/mol. The van der Waals surface area contributed by atoms with Crippen LogP contribution in [-0.4, -0.2) is 43.5 Å². The number of halogens is 2. The van der Waals surface area contributed by atoms with E-state index in [1.54, 1.807) is 0 Å². The molecule has 0 saturated carbocycles. The Morgan fingerprint density at radius 2 is 1.74 bits per heavy atom. The van der Waals surface area contributed by atoms with Gasteiger partial charge in [-0.3, -0.25) is 4.79 Å². The van der Waals surface area contributed by atoms with Gasteiger partial charge in [0.05, 0.1) is 0 Å². The molecule has 1 amide bonds. The summed E-state index contributed by atoms with van der Waals surface area (Å²) >= 11 is 0. The number of hydrogen-bond donors (Lipinski definition) is 1. The molecular formula is C21H27Cl2N3O. The van der Waals surface area contributed by atoms with Gasteiger partial charge in [0.1, 0.15) is 0 Å². The SMILES string of the molecule is Cc1cccc(N2CCN(C(=O)c3cccc4c3CCCN4)CC2)c1.Cl.Cl. The van der Waals surface area contributed by atoms with Gasteiger partial charge in [-0.05, 0) is 55.2 Å². The highest BCUT2D eigenvalue weighted by Gasteiger charge is 2.25. The molecule has 0 bridgehead atoms. The Labute approximate surface area is 173 Å². The number of amides is 1. The lowest BCUT2D eigenvalue weighted by Gasteiger charge is -2.36. The van der Waals surface area contributed by atoms with E-state index < -0.39 is 0 Å². The van der Waals surface area contributed by atoms with Crippen LogP contribution in [0.5, 0.6) is 0 Å². The van der Waals surface area contributed by atoms with Crippen LogP contribution >= 0.6 is 24.8 Å². The normalized spacial score (nSPS) is 15.7. The van der Waals surface area contributed by atoms with E-state index in [1.807, 2.05) is 17.0 Å². The van der Waals surface area contributed by atoms with Gasteiger partial charge in [-0.1, -0.05) is 18.2 Å². The molecule has 0 aromatic heterocycles. The molecule has 1 N–H and O–H groups in total. The monoisotopic (exact) mass is 407 g/mol. The Bertz CT molecular complexity index is 789. The molecule has 0 atom stereocenters. The van der Waals surface area contributed by atoms with Crippen molar-refractivity contribution >= 4 is 42.1 Å². The van der Waals surface area contributed by atoms with Crippen LogP contribution in [0.25, 0.3) is 0 Å². The van der Waals surface area contributed by atoms with Gasteiger partial charge in [-0.15, -0.1) is 24.8 Å². The van der Waals surface area contributed by atoms with Gasteiger partial charge >= 0.3 is 0 Å². The van der Waals surface area contributed by atoms with Gasteiger partial charge in [0.25, 0.3) is 5.91 Å². The van der Waals surface area contributed by atoms with E-state index in [0.29, 0.717) is 0 Å². The molecule has 4 rings (SSSR count). The first-order chi connectivity index (χ1) is 12.2. The number of hydrogen-bond acceptors (Lipinski definition) is 3. The molecule has 0 unspecified atom stereocenters. The number of nitrogens with one attached hydrogen (secondary N) is 1. The maximum Gasteiger partial charge on any atom is 0.254 e. The van der Waals surface area contributed by atoms with E-state index in [0.717, 1.165) is 56.8 Å². The summed E-state index contributed by atoms with van der Waals surface area (Å²) in [6, 6.07) is 14.7. The minimum absolute atomic E-state index is 0. The zero-order valence-electron chi connectivity index (χ0n) is 15.6. The van der Waals surface area contributed by atoms with Crippen molar-refractivity contribution in [2.24, 2.45) is 0 Å². The summed E-state index contributed by atoms with van der Waals surface area (Å²) < 4.78 is 0. The summed E-state index contributed by atoms with van der Waals surface area (Å²) in [5, 5.41) is 3.42. The smallest absolute Gasteiger partial charge is 0.254 e. The summed E-state index contributed by atoms with van der Waals surface area (Å²) in [4.78, 5) is 17.4. The lowest BCUT2D eigenvalue weighted by atomic mass is 9.96. The third-order valence-electron chi connectivity index (χ3n) is 5.26. The first-order valence-electron chi connectivity index (χ1n) is 9.19. The third kappa shape index (κ3) is 4.50. The molecule has 6 heteroatoms. The Hall–Kier alpha value is -1.91. The molecule has 2 aromatic rings. The molecule has 1 saturated heterocycles. The maximum absolute atomic E-state index is 13.0. The van der Waals surface area contributed by atoms with Crippen LogP contribution in [0.3, 0.4) is 0 Å². The van der Waals surface area contributed by atoms with Crippen molar-refractivity contribution < 1.29 is 4.79 Å². The Morgan fingerprint density at radius 1 is 1.00 bits per heavy atom. The maximum atomic E-state index is 13.0. The average Bonchev–Trinajstić information content (AvgIpc) is 2.67. The average molecular weight is 408 g/mol. The zero-order valence-corrected chi connectivity index (χ0v) is 17.2. The summed E-state index contributed by atoms with van der Waals surface area (Å²) in [5.41, 5.74) is 5.75. The van der Waals surface area contributed by atoms with E-state index in [4.69, 9.17) is 0 Å². The number of nitrogens with zero attached hydrogens (tertiary/aromatic N) is 2. The highest BCUT2D eigenvalue weighted by atomic mass is 35.5. The van der Waals surface area contributed by atoms with Crippen LogP contribution in [0.1, 0.15) is 27.9 Å². The predicted molar refractivity (Wildman–Crippen MR) is 117 cm³/mol. The number of aryl methyl sites for hydroxylation is 1. The third-order valence-corrected chi connectivity index (χ3v) is 5.26. The first kappa shape index (κ1) is 21.4. The number of benzene rings is 2. The highest BCUT2D eigenvalue weighted by molar-refractivity contribution is 5.97. The molecule has 0 radical (unpaired) electrons. The Balaban J connectivity index is 0.00000131. The van der Waals surface area contributed by atoms with Crippen LogP contribution in [0, 0.1) is 6.92 Å². The molecule has 2 aliphatic heterocycles. The molecule has 4 nitrogen and oxygen atoms in total. The van der Waals surface area contributed by atoms with Crippen molar-refractivity contribution in [3.05, 3.63) is 59.2 Å². The van der Waals surface area contributed by atoms with E-state index >= 15 is 0 Å². The molecule has 146 valence electrons. The van der Waals surface area contributed by atoms with E-state index in [2.05, 4.69) is 47.5 Å². The molecule has 1 fully saturated rings. The lowest BCUT2D eigenvalue weighted by Crippen LogP contribution is -2.49. The van der Waals surface area contributed by atoms with Gasteiger partial charge < -0.3 is 15.1 Å². The molecule has 2 heterocycles. The number of rotatable bonds is 2. The number of carbonyl (C=O) groups excluding carboxylic acids is 1. The van der Waals surface area contributed by atoms with Gasteiger partial charge in [0, 0.05) is 49.7 Å². The van der Waals surface area contributed by atoms with Gasteiger partial charge in [-0.25, -0.2) is 0 Å². The first-order valence-corrected chi connectivity index (χ1v) is 9.19. The second-order valence-corrected chi connectivity index (χ2v) is 6.98. The fourth-order valence-corrected chi connectivity index (χ4v) is 3.87. The largest absolute Gasteiger partial charge is 0.385 e. The summed E-state index contributed by atoms with van der Waals surface area (Å²) in [6.07, 6.45) is 2.09. The Morgan fingerprint density at radius 3 is 2.48 bits per heavy atom. The second-order valence-electron chi connectivity index (χ2n) is 6.98. The van der Waals surface area contributed by atoms with Crippen LogP contribution in [0.4, 0.5) is 11.4 Å². The summed E-state index contributed by atoms with van der Waals surface area (Å²) in [5.74, 6) is 0.185. The number of anilines is 2. The topological polar surface area (TPSA) is 35.6 Å². The second kappa shape index (κ2) is 9.34. The molecule has 0 aliphatic carbocycles. The number of piperazine rings is 1. The fraction of sp³-hybridized carbons (Fsp3) is 0.381.